The van der Waals surface area contributed by atoms with Crippen LogP contribution in [0.15, 0.2) is 12.3 Å². The summed E-state index contributed by atoms with van der Waals surface area (Å²) in [7, 11) is 0.500. The number of aliphatic hydroxyl groups excluding tert-OH is 1. The highest BCUT2D eigenvalue weighted by Crippen LogP contribution is 1.75. The van der Waals surface area contributed by atoms with Crippen molar-refractivity contribution in [2.75, 3.05) is 7.18 Å². The van der Waals surface area contributed by atoms with Crippen molar-refractivity contribution in [2.24, 2.45) is 0 Å². The van der Waals surface area contributed by atoms with Gasteiger partial charge < -0.3 is 10.2 Å². The number of halogens is 1. The van der Waals surface area contributed by atoms with Gasteiger partial charge in [-0.25, -0.2) is 4.79 Å². The van der Waals surface area contributed by atoms with Gasteiger partial charge in [0.15, 0.2) is 5.76 Å². The fourth-order valence-corrected chi connectivity index (χ4v) is 0. The van der Waals surface area contributed by atoms with Crippen LogP contribution in [0.5, 0.6) is 0 Å². The third kappa shape index (κ3) is 8.87. The quantitative estimate of drug-likeness (QED) is 0.398. The topological polar surface area (TPSA) is 57.5 Å². The van der Waals surface area contributed by atoms with Crippen molar-refractivity contribution in [3.05, 3.63) is 12.3 Å². The number of hydrogen-bond donors (Lipinski definition) is 2. The molecule has 0 spiro atoms. The van der Waals surface area contributed by atoms with Gasteiger partial charge in [0, 0.05) is 0 Å². The van der Waals surface area contributed by atoms with E-state index in [1.165, 1.54) is 0 Å². The van der Waals surface area contributed by atoms with Crippen LogP contribution in [0.4, 0.5) is 4.39 Å². The standard InChI is InChI=1S/C3H4O3.CH3F/c1-2(4)3(5)6;1-2/h4H,1H2,(H,5,6);1H3. The molecule has 0 aliphatic rings. The molecule has 0 bridgehead atoms. The summed E-state index contributed by atoms with van der Waals surface area (Å²) in [4.78, 5) is 9.35. The molecule has 0 radical (unpaired) electrons. The maximum absolute atomic E-state index is 9.50. The summed E-state index contributed by atoms with van der Waals surface area (Å²) in [6.45, 7) is 2.71. The summed E-state index contributed by atoms with van der Waals surface area (Å²) in [6.07, 6.45) is 0. The number of aliphatic carboxylic acids is 1. The van der Waals surface area contributed by atoms with E-state index in [1.807, 2.05) is 0 Å². The molecule has 3 nitrogen and oxygen atoms in total. The van der Waals surface area contributed by atoms with Crippen LogP contribution in [0.25, 0.3) is 0 Å². The molecule has 8 heavy (non-hydrogen) atoms. The molecule has 2 N–H and O–H groups in total. The smallest absolute Gasteiger partial charge is 0.370 e. The molecule has 4 heteroatoms. The van der Waals surface area contributed by atoms with Gasteiger partial charge in [-0.3, -0.25) is 4.39 Å². The Morgan fingerprint density at radius 1 is 1.50 bits per heavy atom. The van der Waals surface area contributed by atoms with Crippen molar-refractivity contribution >= 4 is 5.97 Å². The van der Waals surface area contributed by atoms with Crippen LogP contribution in [-0.4, -0.2) is 23.4 Å². The van der Waals surface area contributed by atoms with E-state index in [0.717, 1.165) is 0 Å². The third-order valence-corrected chi connectivity index (χ3v) is 0.247. The molecule has 48 valence electrons. The van der Waals surface area contributed by atoms with Crippen LogP contribution in [0.1, 0.15) is 0 Å². The van der Waals surface area contributed by atoms with Crippen molar-refractivity contribution in [3.8, 4) is 0 Å². The summed E-state index contributed by atoms with van der Waals surface area (Å²) in [5, 5.41) is 15.5. The van der Waals surface area contributed by atoms with Gasteiger partial charge in [-0.05, 0) is 6.58 Å². The first kappa shape index (κ1) is 10.0. The first-order chi connectivity index (χ1) is 3.64. The molecule has 0 amide bonds. The number of carboxylic acid groups (broad SMARTS) is 1. The molecule has 0 aliphatic heterocycles. The predicted octanol–water partition coefficient (Wildman–Crippen LogP) is 0.728. The van der Waals surface area contributed by atoms with E-state index in [1.54, 1.807) is 0 Å². The van der Waals surface area contributed by atoms with Gasteiger partial charge in [0.05, 0.1) is 7.18 Å². The van der Waals surface area contributed by atoms with E-state index in [2.05, 4.69) is 6.58 Å². The fourth-order valence-electron chi connectivity index (χ4n) is 0. The van der Waals surface area contributed by atoms with Crippen LogP contribution in [0.2, 0.25) is 0 Å². The molecule has 0 saturated heterocycles. The minimum absolute atomic E-state index is 0.500. The van der Waals surface area contributed by atoms with Crippen molar-refractivity contribution in [1.82, 2.24) is 0 Å². The number of alkyl halides is 1. The molecule has 0 atom stereocenters. The van der Waals surface area contributed by atoms with Gasteiger partial charge in [-0.2, -0.15) is 0 Å². The lowest BCUT2D eigenvalue weighted by Gasteiger charge is -1.79. The Kier molecular flexibility index (Phi) is 7.45. The summed E-state index contributed by atoms with van der Waals surface area (Å²) in [5.74, 6) is -2.20. The minimum Gasteiger partial charge on any atom is -0.502 e. The Morgan fingerprint density at radius 2 is 1.62 bits per heavy atom. The van der Waals surface area contributed by atoms with Crippen LogP contribution < -0.4 is 0 Å². The average molecular weight is 122 g/mol. The number of hydrogen-bond acceptors (Lipinski definition) is 2. The second kappa shape index (κ2) is 5.94. The summed E-state index contributed by atoms with van der Waals surface area (Å²) in [5.41, 5.74) is 0. The SMILES string of the molecule is C=C(O)C(=O)O.CF. The van der Waals surface area contributed by atoms with Gasteiger partial charge in [0.2, 0.25) is 0 Å². The van der Waals surface area contributed by atoms with Gasteiger partial charge in [-0.15, -0.1) is 0 Å². The first-order valence-electron chi connectivity index (χ1n) is 1.63. The van der Waals surface area contributed by atoms with E-state index >= 15 is 0 Å². The Morgan fingerprint density at radius 3 is 1.62 bits per heavy atom. The van der Waals surface area contributed by atoms with Crippen LogP contribution in [-0.2, 0) is 4.79 Å². The zero-order chi connectivity index (χ0) is 7.15. The molecule has 0 aromatic rings. The summed E-state index contributed by atoms with van der Waals surface area (Å²) >= 11 is 0. The highest BCUT2D eigenvalue weighted by atomic mass is 19.1. The molecule has 0 aromatic carbocycles. The number of carboxylic acids is 1. The number of rotatable bonds is 1. The number of aliphatic hydroxyl groups is 1. The van der Waals surface area contributed by atoms with Crippen LogP contribution >= 0.6 is 0 Å². The monoisotopic (exact) mass is 122 g/mol. The maximum atomic E-state index is 9.50. The maximum Gasteiger partial charge on any atom is 0.370 e. The molecule has 0 unspecified atom stereocenters. The predicted molar refractivity (Wildman–Crippen MR) is 26.4 cm³/mol. The molecular formula is C4H7FO3. The molecule has 0 fully saturated rings. The molecule has 0 heterocycles. The van der Waals surface area contributed by atoms with Crippen molar-refractivity contribution in [2.45, 2.75) is 0 Å². The lowest BCUT2D eigenvalue weighted by atomic mass is 10.6. The van der Waals surface area contributed by atoms with Gasteiger partial charge >= 0.3 is 5.97 Å². The Bertz CT molecular complexity index is 77.3. The highest BCUT2D eigenvalue weighted by molar-refractivity contribution is 5.82. The zero-order valence-corrected chi connectivity index (χ0v) is 4.39. The molecule has 0 aromatic heterocycles. The van der Waals surface area contributed by atoms with Crippen LogP contribution in [0.3, 0.4) is 0 Å². The lowest BCUT2D eigenvalue weighted by molar-refractivity contribution is -0.135. The van der Waals surface area contributed by atoms with Crippen molar-refractivity contribution in [1.29, 1.82) is 0 Å². The average Bonchev–Trinajstić information content (AvgIpc) is 1.72. The van der Waals surface area contributed by atoms with Gasteiger partial charge in [-0.1, -0.05) is 0 Å². The second-order valence-corrected chi connectivity index (χ2v) is 0.752. The Labute approximate surface area is 46.1 Å². The van der Waals surface area contributed by atoms with E-state index in [4.69, 9.17) is 10.2 Å². The summed E-state index contributed by atoms with van der Waals surface area (Å²) < 4.78 is 9.50. The van der Waals surface area contributed by atoms with E-state index in [-0.39, 0.29) is 0 Å². The zero-order valence-electron chi connectivity index (χ0n) is 4.39. The molecule has 0 aliphatic carbocycles. The van der Waals surface area contributed by atoms with Crippen LogP contribution in [0, 0.1) is 0 Å². The molecule has 0 rings (SSSR count). The third-order valence-electron chi connectivity index (χ3n) is 0.247. The van der Waals surface area contributed by atoms with Gasteiger partial charge in [0.25, 0.3) is 0 Å². The lowest BCUT2D eigenvalue weighted by Crippen LogP contribution is -1.95. The minimum atomic E-state index is -1.38. The molecular weight excluding hydrogens is 115 g/mol. The molecule has 0 saturated carbocycles. The van der Waals surface area contributed by atoms with Gasteiger partial charge in [0.1, 0.15) is 0 Å². The largest absolute Gasteiger partial charge is 0.502 e. The highest BCUT2D eigenvalue weighted by Gasteiger charge is 1.94. The van der Waals surface area contributed by atoms with Crippen molar-refractivity contribution in [3.63, 3.8) is 0 Å². The summed E-state index contributed by atoms with van der Waals surface area (Å²) in [6, 6.07) is 0. The second-order valence-electron chi connectivity index (χ2n) is 0.752. The fraction of sp³-hybridized carbons (Fsp3) is 0.250. The Hall–Kier alpha value is -1.06. The normalized spacial score (nSPS) is 6.25. The number of carbonyl (C=O) groups is 1. The van der Waals surface area contributed by atoms with Crippen molar-refractivity contribution < 1.29 is 19.4 Å². The first-order valence-corrected chi connectivity index (χ1v) is 1.63. The van der Waals surface area contributed by atoms with E-state index in [9.17, 15) is 9.18 Å². The van der Waals surface area contributed by atoms with E-state index < -0.39 is 11.7 Å². The van der Waals surface area contributed by atoms with E-state index in [0.29, 0.717) is 7.18 Å². The Balaban J connectivity index is 0.